The van der Waals surface area contributed by atoms with Gasteiger partial charge in [-0.15, -0.1) is 0 Å². The molecule has 0 radical (unpaired) electrons. The van der Waals surface area contributed by atoms with E-state index >= 15 is 0 Å². The summed E-state index contributed by atoms with van der Waals surface area (Å²) in [5.41, 5.74) is 10.2. The molecule has 0 spiro atoms. The zero-order valence-electron chi connectivity index (χ0n) is 22.6. The van der Waals surface area contributed by atoms with Crippen LogP contribution in [0.2, 0.25) is 0 Å². The molecule has 1 amide bonds. The fourth-order valence-electron chi connectivity index (χ4n) is 5.46. The molecule has 1 N–H and O–H groups in total. The predicted molar refractivity (Wildman–Crippen MR) is 163 cm³/mol. The van der Waals surface area contributed by atoms with Gasteiger partial charge in [0.15, 0.2) is 0 Å². The van der Waals surface area contributed by atoms with Gasteiger partial charge in [-0.05, 0) is 110 Å². The van der Waals surface area contributed by atoms with Crippen LogP contribution in [0.15, 0.2) is 94.5 Å². The first kappa shape index (κ1) is 27.1. The first-order valence-corrected chi connectivity index (χ1v) is 14.4. The summed E-state index contributed by atoms with van der Waals surface area (Å²) >= 11 is 3.64. The quantitative estimate of drug-likeness (QED) is 0.178. The van der Waals surface area contributed by atoms with Crippen molar-refractivity contribution in [2.45, 2.75) is 39.7 Å². The number of halogens is 1. The SMILES string of the molecule is Cc1cc(/C=N\NC(=O)c2ccc(CN3CCC(Cc4ccccc4)CC3)cc2)c(C)n1-c1ccccc1Br. The number of rotatable bonds is 8. The number of aryl methyl sites for hydroxylation is 1. The second-order valence-electron chi connectivity index (χ2n) is 10.4. The minimum Gasteiger partial charge on any atom is -0.317 e. The summed E-state index contributed by atoms with van der Waals surface area (Å²) in [6.45, 7) is 7.29. The Kier molecular flexibility index (Phi) is 8.74. The predicted octanol–water partition coefficient (Wildman–Crippen LogP) is 7.08. The van der Waals surface area contributed by atoms with Crippen LogP contribution in [0.4, 0.5) is 0 Å². The molecule has 1 aromatic heterocycles. The normalized spacial score (nSPS) is 14.6. The minimum absolute atomic E-state index is 0.209. The number of likely N-dealkylation sites (tertiary alicyclic amines) is 1. The molecule has 0 atom stereocenters. The largest absolute Gasteiger partial charge is 0.317 e. The molecule has 6 heteroatoms. The van der Waals surface area contributed by atoms with Gasteiger partial charge in [-0.2, -0.15) is 5.10 Å². The van der Waals surface area contributed by atoms with Gasteiger partial charge in [0.05, 0.1) is 11.9 Å². The molecule has 0 bridgehead atoms. The fraction of sp³-hybridized carbons (Fsp3) is 0.273. The van der Waals surface area contributed by atoms with E-state index in [1.54, 1.807) is 6.21 Å². The van der Waals surface area contributed by atoms with Crippen LogP contribution >= 0.6 is 15.9 Å². The summed E-state index contributed by atoms with van der Waals surface area (Å²) < 4.78 is 3.21. The lowest BCUT2D eigenvalue weighted by Gasteiger charge is -2.32. The van der Waals surface area contributed by atoms with Crippen LogP contribution < -0.4 is 5.43 Å². The maximum Gasteiger partial charge on any atom is 0.271 e. The van der Waals surface area contributed by atoms with E-state index in [1.807, 2.05) is 30.3 Å². The Morgan fingerprint density at radius 1 is 0.949 bits per heavy atom. The monoisotopic (exact) mass is 582 g/mol. The Morgan fingerprint density at radius 3 is 2.36 bits per heavy atom. The highest BCUT2D eigenvalue weighted by Gasteiger charge is 2.19. The van der Waals surface area contributed by atoms with E-state index in [-0.39, 0.29) is 5.91 Å². The highest BCUT2D eigenvalue weighted by molar-refractivity contribution is 9.10. The molecule has 1 aliphatic heterocycles. The molecular formula is C33H35BrN4O. The molecule has 3 aromatic carbocycles. The zero-order valence-corrected chi connectivity index (χ0v) is 24.2. The van der Waals surface area contributed by atoms with Gasteiger partial charge in [0, 0.05) is 33.5 Å². The third kappa shape index (κ3) is 6.75. The van der Waals surface area contributed by atoms with E-state index in [1.165, 1.54) is 30.4 Å². The Balaban J connectivity index is 1.12. The van der Waals surface area contributed by atoms with Crippen molar-refractivity contribution in [1.82, 2.24) is 14.9 Å². The van der Waals surface area contributed by atoms with Crippen molar-refractivity contribution in [3.05, 3.63) is 123 Å². The summed E-state index contributed by atoms with van der Waals surface area (Å²) in [5, 5.41) is 4.24. The third-order valence-electron chi connectivity index (χ3n) is 7.63. The molecule has 1 saturated heterocycles. The molecule has 0 unspecified atom stereocenters. The van der Waals surface area contributed by atoms with Gasteiger partial charge in [-0.3, -0.25) is 9.69 Å². The molecule has 1 fully saturated rings. The van der Waals surface area contributed by atoms with Gasteiger partial charge in [-0.25, -0.2) is 5.43 Å². The lowest BCUT2D eigenvalue weighted by Crippen LogP contribution is -2.33. The van der Waals surface area contributed by atoms with Crippen LogP contribution in [0.5, 0.6) is 0 Å². The first-order valence-electron chi connectivity index (χ1n) is 13.6. The first-order chi connectivity index (χ1) is 19.0. The number of para-hydroxylation sites is 1. The zero-order chi connectivity index (χ0) is 27.2. The molecule has 5 nitrogen and oxygen atoms in total. The molecule has 2 heterocycles. The molecule has 39 heavy (non-hydrogen) atoms. The van der Waals surface area contributed by atoms with E-state index in [0.717, 1.165) is 52.7 Å². The Morgan fingerprint density at radius 2 is 1.64 bits per heavy atom. The highest BCUT2D eigenvalue weighted by Crippen LogP contribution is 2.26. The molecular weight excluding hydrogens is 548 g/mol. The number of aromatic nitrogens is 1. The van der Waals surface area contributed by atoms with Gasteiger partial charge in [-0.1, -0.05) is 54.6 Å². The number of hydrogen-bond donors (Lipinski definition) is 1. The van der Waals surface area contributed by atoms with E-state index in [9.17, 15) is 4.79 Å². The number of carbonyl (C=O) groups is 1. The van der Waals surface area contributed by atoms with Crippen molar-refractivity contribution in [1.29, 1.82) is 0 Å². The minimum atomic E-state index is -0.209. The van der Waals surface area contributed by atoms with E-state index in [2.05, 4.69) is 104 Å². The van der Waals surface area contributed by atoms with Crippen molar-refractivity contribution in [3.63, 3.8) is 0 Å². The average molecular weight is 584 g/mol. The van der Waals surface area contributed by atoms with Gasteiger partial charge in [0.2, 0.25) is 0 Å². The van der Waals surface area contributed by atoms with Crippen LogP contribution in [0.1, 0.15) is 51.3 Å². The lowest BCUT2D eigenvalue weighted by molar-refractivity contribution is 0.0955. The van der Waals surface area contributed by atoms with Crippen LogP contribution in [-0.4, -0.2) is 34.7 Å². The molecule has 0 saturated carbocycles. The van der Waals surface area contributed by atoms with Crippen LogP contribution in [0, 0.1) is 19.8 Å². The Hall–Kier alpha value is -3.48. The summed E-state index contributed by atoms with van der Waals surface area (Å²) in [5.74, 6) is 0.556. The van der Waals surface area contributed by atoms with Gasteiger partial charge in [0.25, 0.3) is 5.91 Å². The number of piperidine rings is 1. The summed E-state index contributed by atoms with van der Waals surface area (Å²) in [6.07, 6.45) is 5.36. The van der Waals surface area contributed by atoms with Crippen molar-refractivity contribution >= 4 is 28.1 Å². The standard InChI is InChI=1S/C33H35BrN4O/c1-24-20-30(25(2)38(24)32-11-7-6-10-31(32)34)22-35-36-33(39)29-14-12-28(13-15-29)23-37-18-16-27(17-19-37)21-26-8-4-3-5-9-26/h3-15,20,22,27H,16-19,21,23H2,1-2H3,(H,36,39)/b35-22-. The van der Waals surface area contributed by atoms with Crippen molar-refractivity contribution in [2.24, 2.45) is 11.0 Å². The Labute approximate surface area is 239 Å². The smallest absolute Gasteiger partial charge is 0.271 e. The molecule has 4 aromatic rings. The van der Waals surface area contributed by atoms with Gasteiger partial charge in [0.1, 0.15) is 0 Å². The number of benzene rings is 3. The fourth-order valence-corrected chi connectivity index (χ4v) is 5.93. The van der Waals surface area contributed by atoms with Gasteiger partial charge < -0.3 is 4.57 Å². The number of nitrogens with one attached hydrogen (secondary N) is 1. The van der Waals surface area contributed by atoms with E-state index in [0.29, 0.717) is 5.56 Å². The lowest BCUT2D eigenvalue weighted by atomic mass is 9.90. The number of carbonyl (C=O) groups excluding carboxylic acids is 1. The second kappa shape index (κ2) is 12.6. The average Bonchev–Trinajstić information content (AvgIpc) is 3.23. The van der Waals surface area contributed by atoms with Crippen molar-refractivity contribution in [3.8, 4) is 5.69 Å². The van der Waals surface area contributed by atoms with E-state index in [4.69, 9.17) is 0 Å². The number of nitrogens with zero attached hydrogens (tertiary/aromatic N) is 3. The van der Waals surface area contributed by atoms with Crippen molar-refractivity contribution < 1.29 is 4.79 Å². The molecule has 200 valence electrons. The summed E-state index contributed by atoms with van der Waals surface area (Å²) in [4.78, 5) is 15.2. The topological polar surface area (TPSA) is 49.6 Å². The maximum atomic E-state index is 12.7. The number of hydrazone groups is 1. The van der Waals surface area contributed by atoms with Crippen molar-refractivity contribution in [2.75, 3.05) is 13.1 Å². The van der Waals surface area contributed by atoms with Crippen LogP contribution in [0.3, 0.4) is 0 Å². The second-order valence-corrected chi connectivity index (χ2v) is 11.3. The van der Waals surface area contributed by atoms with E-state index < -0.39 is 0 Å². The third-order valence-corrected chi connectivity index (χ3v) is 8.30. The number of amides is 1. The van der Waals surface area contributed by atoms with Crippen LogP contribution in [0.25, 0.3) is 5.69 Å². The summed E-state index contributed by atoms with van der Waals surface area (Å²) in [6, 6.07) is 28.9. The van der Waals surface area contributed by atoms with Crippen LogP contribution in [-0.2, 0) is 13.0 Å². The number of hydrogen-bond acceptors (Lipinski definition) is 3. The highest BCUT2D eigenvalue weighted by atomic mass is 79.9. The molecule has 5 rings (SSSR count). The molecule has 1 aliphatic rings. The maximum absolute atomic E-state index is 12.7. The molecule has 0 aliphatic carbocycles. The summed E-state index contributed by atoms with van der Waals surface area (Å²) in [7, 11) is 0. The Bertz CT molecular complexity index is 1430. The van der Waals surface area contributed by atoms with Gasteiger partial charge >= 0.3 is 0 Å².